The van der Waals surface area contributed by atoms with E-state index >= 15 is 0 Å². The molecule has 78 valence electrons. The fraction of sp³-hybridized carbons (Fsp3) is 0.200. The van der Waals surface area contributed by atoms with Crippen molar-refractivity contribution in [2.24, 2.45) is 7.05 Å². The number of aromatic nitrogens is 2. The van der Waals surface area contributed by atoms with Crippen molar-refractivity contribution >= 4 is 11.5 Å². The highest BCUT2D eigenvalue weighted by molar-refractivity contribution is 7.03. The molecule has 0 atom stereocenters. The molecule has 1 heterocycles. The molecule has 0 aliphatic carbocycles. The molecule has 1 aromatic carbocycles. The lowest BCUT2D eigenvalue weighted by molar-refractivity contribution is 0.850. The lowest BCUT2D eigenvalue weighted by Gasteiger charge is -1.99. The van der Waals surface area contributed by atoms with Crippen LogP contribution in [0.4, 0.5) is 0 Å². The summed E-state index contributed by atoms with van der Waals surface area (Å²) in [5.41, 5.74) is 1.42. The van der Waals surface area contributed by atoms with Crippen molar-refractivity contribution in [2.45, 2.75) is 6.92 Å². The first-order chi connectivity index (χ1) is 7.09. The van der Waals surface area contributed by atoms with Crippen LogP contribution in [0.15, 0.2) is 33.9 Å². The molecule has 0 amide bonds. The second-order valence-corrected chi connectivity index (χ2v) is 4.39. The minimum Gasteiger partial charge on any atom is -0.255 e. The van der Waals surface area contributed by atoms with Crippen LogP contribution in [0.1, 0.15) is 5.56 Å². The first-order valence-corrected chi connectivity index (χ1v) is 5.23. The van der Waals surface area contributed by atoms with Crippen molar-refractivity contribution < 1.29 is 0 Å². The second-order valence-electron chi connectivity index (χ2n) is 3.31. The van der Waals surface area contributed by atoms with Crippen LogP contribution in [0.5, 0.6) is 0 Å². The van der Waals surface area contributed by atoms with Gasteiger partial charge in [0.15, 0.2) is 0 Å². The van der Waals surface area contributed by atoms with Gasteiger partial charge in [0.2, 0.25) is 0 Å². The molecule has 0 aliphatic rings. The number of hydrogen-bond donors (Lipinski definition) is 0. The molecule has 2 aromatic rings. The van der Waals surface area contributed by atoms with Gasteiger partial charge in [0.1, 0.15) is 0 Å². The minimum atomic E-state index is -0.297. The molecule has 0 saturated carbocycles. The van der Waals surface area contributed by atoms with Crippen molar-refractivity contribution in [3.8, 4) is 5.69 Å². The predicted octanol–water partition coefficient (Wildman–Crippen LogP) is 0.906. The van der Waals surface area contributed by atoms with E-state index in [2.05, 4.69) is 0 Å². The van der Waals surface area contributed by atoms with Crippen LogP contribution in [-0.4, -0.2) is 8.52 Å². The highest BCUT2D eigenvalue weighted by Gasteiger charge is 2.08. The van der Waals surface area contributed by atoms with Gasteiger partial charge in [0, 0.05) is 18.6 Å². The third-order valence-corrected chi connectivity index (χ3v) is 2.92. The summed E-state index contributed by atoms with van der Waals surface area (Å²) >= 11 is 0.906. The highest BCUT2D eigenvalue weighted by atomic mass is 32.1. The van der Waals surface area contributed by atoms with Crippen LogP contribution in [0.2, 0.25) is 0 Å². The molecule has 4 nitrogen and oxygen atoms in total. The van der Waals surface area contributed by atoms with Gasteiger partial charge in [-0.25, -0.2) is 13.3 Å². The van der Waals surface area contributed by atoms with Gasteiger partial charge in [0.05, 0.1) is 5.69 Å². The molecular weight excluding hydrogens is 212 g/mol. The topological polar surface area (TPSA) is 44.0 Å². The third kappa shape index (κ3) is 1.66. The van der Waals surface area contributed by atoms with Gasteiger partial charge in [-0.3, -0.25) is 4.79 Å². The molecular formula is C10H10N2O2S. The molecule has 0 bridgehead atoms. The summed E-state index contributed by atoms with van der Waals surface area (Å²) in [6.45, 7) is 1.96. The van der Waals surface area contributed by atoms with Gasteiger partial charge in [-0.15, -0.1) is 0 Å². The first-order valence-electron chi connectivity index (χ1n) is 4.46. The summed E-state index contributed by atoms with van der Waals surface area (Å²) in [5, 5.41) is 0. The Bertz CT molecular complexity index is 589. The summed E-state index contributed by atoms with van der Waals surface area (Å²) in [6, 6.07) is 7.29. The number of aryl methyl sites for hydroxylation is 2. The molecule has 0 N–H and O–H groups in total. The van der Waals surface area contributed by atoms with E-state index in [0.717, 1.165) is 17.1 Å². The van der Waals surface area contributed by atoms with Crippen LogP contribution in [0, 0.1) is 6.92 Å². The molecule has 0 saturated heterocycles. The molecule has 15 heavy (non-hydrogen) atoms. The van der Waals surface area contributed by atoms with Crippen molar-refractivity contribution in [1.82, 2.24) is 8.52 Å². The Kier molecular flexibility index (Phi) is 2.32. The van der Waals surface area contributed by atoms with Crippen LogP contribution >= 0.6 is 11.5 Å². The Balaban J connectivity index is 2.69. The van der Waals surface area contributed by atoms with E-state index < -0.39 is 0 Å². The van der Waals surface area contributed by atoms with Gasteiger partial charge in [-0.2, -0.15) is 0 Å². The molecule has 5 heteroatoms. The van der Waals surface area contributed by atoms with E-state index in [4.69, 9.17) is 0 Å². The maximum atomic E-state index is 11.6. The van der Waals surface area contributed by atoms with Crippen molar-refractivity contribution in [1.29, 1.82) is 0 Å². The van der Waals surface area contributed by atoms with Crippen molar-refractivity contribution in [3.63, 3.8) is 0 Å². The predicted molar refractivity (Wildman–Crippen MR) is 59.9 cm³/mol. The van der Waals surface area contributed by atoms with Gasteiger partial charge in [0.25, 0.3) is 0 Å². The summed E-state index contributed by atoms with van der Waals surface area (Å²) < 4.78 is 2.49. The molecule has 0 fully saturated rings. The lowest BCUT2D eigenvalue weighted by Crippen LogP contribution is -2.26. The standard InChI is InChI=1S/C10H10N2O2S/c1-7-3-5-8(6-4-7)12-9(13)11(2)15-10(12)14/h3-6H,1-2H3. The Morgan fingerprint density at radius 3 is 2.20 bits per heavy atom. The van der Waals surface area contributed by atoms with E-state index in [9.17, 15) is 9.59 Å². The van der Waals surface area contributed by atoms with Gasteiger partial charge in [-0.05, 0) is 19.1 Å². The molecule has 0 aliphatic heterocycles. The second kappa shape index (κ2) is 3.51. The van der Waals surface area contributed by atoms with Crippen molar-refractivity contribution in [2.75, 3.05) is 0 Å². The molecule has 1 aromatic heterocycles. The maximum absolute atomic E-state index is 11.6. The van der Waals surface area contributed by atoms with E-state index in [1.54, 1.807) is 19.2 Å². The monoisotopic (exact) mass is 222 g/mol. The Morgan fingerprint density at radius 1 is 1.13 bits per heavy atom. The van der Waals surface area contributed by atoms with E-state index in [-0.39, 0.29) is 10.6 Å². The zero-order valence-electron chi connectivity index (χ0n) is 8.43. The van der Waals surface area contributed by atoms with Gasteiger partial charge < -0.3 is 0 Å². The lowest BCUT2D eigenvalue weighted by atomic mass is 10.2. The van der Waals surface area contributed by atoms with E-state index in [1.165, 1.54) is 8.52 Å². The van der Waals surface area contributed by atoms with Crippen LogP contribution in [0.3, 0.4) is 0 Å². The van der Waals surface area contributed by atoms with E-state index in [0.29, 0.717) is 5.69 Å². The SMILES string of the molecule is Cc1ccc(-n2c(=O)sn(C)c2=O)cc1. The molecule has 0 spiro atoms. The average molecular weight is 222 g/mol. The zero-order valence-corrected chi connectivity index (χ0v) is 9.25. The number of nitrogens with zero attached hydrogens (tertiary/aromatic N) is 2. The van der Waals surface area contributed by atoms with Crippen molar-refractivity contribution in [3.05, 3.63) is 50.0 Å². The quantitative estimate of drug-likeness (QED) is 0.719. The summed E-state index contributed by atoms with van der Waals surface area (Å²) in [5.74, 6) is 0. The Hall–Kier alpha value is -1.62. The normalized spacial score (nSPS) is 10.5. The van der Waals surface area contributed by atoms with Crippen LogP contribution < -0.4 is 10.6 Å². The zero-order chi connectivity index (χ0) is 11.0. The van der Waals surface area contributed by atoms with Crippen LogP contribution in [-0.2, 0) is 7.05 Å². The molecule has 0 radical (unpaired) electrons. The Morgan fingerprint density at radius 2 is 1.73 bits per heavy atom. The number of rotatable bonds is 1. The number of hydrogen-bond acceptors (Lipinski definition) is 3. The van der Waals surface area contributed by atoms with Gasteiger partial charge in [-0.1, -0.05) is 17.7 Å². The first kappa shape index (κ1) is 9.92. The average Bonchev–Trinajstić information content (AvgIpc) is 2.44. The van der Waals surface area contributed by atoms with Crippen LogP contribution in [0.25, 0.3) is 5.69 Å². The molecule has 0 unspecified atom stereocenters. The third-order valence-electron chi connectivity index (χ3n) is 2.15. The Labute approximate surface area is 90.2 Å². The number of benzene rings is 1. The highest BCUT2D eigenvalue weighted by Crippen LogP contribution is 2.05. The summed E-state index contributed by atoms with van der Waals surface area (Å²) in [7, 11) is 1.58. The maximum Gasteiger partial charge on any atom is 0.345 e. The summed E-state index contributed by atoms with van der Waals surface area (Å²) in [4.78, 5) is 22.9. The fourth-order valence-corrected chi connectivity index (χ4v) is 1.98. The van der Waals surface area contributed by atoms with E-state index in [1.807, 2.05) is 19.1 Å². The smallest absolute Gasteiger partial charge is 0.255 e. The van der Waals surface area contributed by atoms with Gasteiger partial charge >= 0.3 is 10.6 Å². The minimum absolute atomic E-state index is 0.258. The summed E-state index contributed by atoms with van der Waals surface area (Å²) in [6.07, 6.45) is 0. The molecule has 2 rings (SSSR count). The largest absolute Gasteiger partial charge is 0.345 e. The fourth-order valence-electron chi connectivity index (χ4n) is 1.33.